The molecule has 3 rings (SSSR count). The normalized spacial score (nSPS) is 21.7. The summed E-state index contributed by atoms with van der Waals surface area (Å²) in [6.45, 7) is 3.78. The van der Waals surface area contributed by atoms with E-state index >= 15 is 0 Å². The van der Waals surface area contributed by atoms with E-state index in [2.05, 4.69) is 10.5 Å². The molecule has 1 N–H and O–H groups in total. The van der Waals surface area contributed by atoms with Crippen LogP contribution in [0.3, 0.4) is 0 Å². The van der Waals surface area contributed by atoms with Gasteiger partial charge in [-0.1, -0.05) is 35.0 Å². The van der Waals surface area contributed by atoms with Gasteiger partial charge in [-0.05, 0) is 19.4 Å². The monoisotopic (exact) mass is 285 g/mol. The number of urea groups is 1. The SMILES string of the molecule is Cc1ccc([C@@]2(C)NC(=O)N(Cc3ccon3)C2=O)cc1. The first-order valence-corrected chi connectivity index (χ1v) is 6.61. The predicted molar refractivity (Wildman–Crippen MR) is 74.1 cm³/mol. The van der Waals surface area contributed by atoms with E-state index < -0.39 is 11.6 Å². The summed E-state index contributed by atoms with van der Waals surface area (Å²) in [6.07, 6.45) is 1.41. The van der Waals surface area contributed by atoms with Crippen molar-refractivity contribution in [3.05, 3.63) is 53.4 Å². The van der Waals surface area contributed by atoms with E-state index in [9.17, 15) is 9.59 Å². The van der Waals surface area contributed by atoms with Gasteiger partial charge in [0.2, 0.25) is 0 Å². The molecule has 1 fully saturated rings. The van der Waals surface area contributed by atoms with Gasteiger partial charge in [0.25, 0.3) is 5.91 Å². The van der Waals surface area contributed by atoms with Crippen molar-refractivity contribution in [2.45, 2.75) is 25.9 Å². The van der Waals surface area contributed by atoms with Crippen molar-refractivity contribution in [1.82, 2.24) is 15.4 Å². The van der Waals surface area contributed by atoms with Crippen LogP contribution in [-0.4, -0.2) is 22.0 Å². The third-order valence-corrected chi connectivity index (χ3v) is 3.72. The maximum atomic E-state index is 12.6. The van der Waals surface area contributed by atoms with Crippen LogP contribution in [0.5, 0.6) is 0 Å². The number of aromatic nitrogens is 1. The molecular formula is C15H15N3O3. The number of hydrogen-bond donors (Lipinski definition) is 1. The average molecular weight is 285 g/mol. The Morgan fingerprint density at radius 2 is 1.95 bits per heavy atom. The summed E-state index contributed by atoms with van der Waals surface area (Å²) < 4.78 is 4.73. The number of benzene rings is 1. The number of nitrogens with one attached hydrogen (secondary N) is 1. The van der Waals surface area contributed by atoms with Crippen LogP contribution in [0.1, 0.15) is 23.7 Å². The highest BCUT2D eigenvalue weighted by atomic mass is 16.5. The molecule has 0 unspecified atom stereocenters. The molecule has 1 atom stereocenters. The number of carbonyl (C=O) groups excluding carboxylic acids is 2. The summed E-state index contributed by atoms with van der Waals surface area (Å²) in [7, 11) is 0. The maximum Gasteiger partial charge on any atom is 0.325 e. The van der Waals surface area contributed by atoms with Crippen molar-refractivity contribution in [2.24, 2.45) is 0 Å². The Bertz CT molecular complexity index is 679. The van der Waals surface area contributed by atoms with Crippen LogP contribution in [-0.2, 0) is 16.9 Å². The van der Waals surface area contributed by atoms with Gasteiger partial charge >= 0.3 is 6.03 Å². The minimum Gasteiger partial charge on any atom is -0.364 e. The highest BCUT2D eigenvalue weighted by Crippen LogP contribution is 2.29. The van der Waals surface area contributed by atoms with Gasteiger partial charge in [0.1, 0.15) is 17.5 Å². The van der Waals surface area contributed by atoms with Crippen molar-refractivity contribution in [3.8, 4) is 0 Å². The second kappa shape index (κ2) is 4.73. The predicted octanol–water partition coefficient (Wildman–Crippen LogP) is 1.95. The lowest BCUT2D eigenvalue weighted by Crippen LogP contribution is -2.40. The van der Waals surface area contributed by atoms with Crippen molar-refractivity contribution in [3.63, 3.8) is 0 Å². The first-order valence-electron chi connectivity index (χ1n) is 6.61. The Hall–Kier alpha value is -2.63. The molecule has 1 saturated heterocycles. The van der Waals surface area contributed by atoms with Gasteiger partial charge in [-0.3, -0.25) is 9.69 Å². The average Bonchev–Trinajstić information content (AvgIpc) is 3.03. The lowest BCUT2D eigenvalue weighted by Gasteiger charge is -2.22. The molecule has 2 aromatic rings. The van der Waals surface area contributed by atoms with E-state index in [0.29, 0.717) is 5.69 Å². The molecule has 6 heteroatoms. The Morgan fingerprint density at radius 1 is 1.24 bits per heavy atom. The Morgan fingerprint density at radius 3 is 2.57 bits per heavy atom. The number of amides is 3. The molecule has 21 heavy (non-hydrogen) atoms. The molecule has 0 saturated carbocycles. The van der Waals surface area contributed by atoms with Gasteiger partial charge in [0, 0.05) is 6.07 Å². The second-order valence-electron chi connectivity index (χ2n) is 5.30. The lowest BCUT2D eigenvalue weighted by molar-refractivity contribution is -0.131. The van der Waals surface area contributed by atoms with Crippen molar-refractivity contribution < 1.29 is 14.1 Å². The molecule has 0 radical (unpaired) electrons. The molecule has 3 amide bonds. The largest absolute Gasteiger partial charge is 0.364 e. The number of aryl methyl sites for hydroxylation is 1. The molecule has 0 spiro atoms. The summed E-state index contributed by atoms with van der Waals surface area (Å²) in [5.41, 5.74) is 1.34. The molecule has 0 bridgehead atoms. The molecule has 0 aliphatic carbocycles. The van der Waals surface area contributed by atoms with E-state index in [1.807, 2.05) is 31.2 Å². The summed E-state index contributed by atoms with van der Waals surface area (Å²) in [5.74, 6) is -0.292. The zero-order chi connectivity index (χ0) is 15.0. The van der Waals surface area contributed by atoms with Gasteiger partial charge in [0.05, 0.1) is 6.54 Å². The molecule has 2 heterocycles. The highest BCUT2D eigenvalue weighted by Gasteiger charge is 2.49. The fourth-order valence-corrected chi connectivity index (χ4v) is 2.40. The first-order chi connectivity index (χ1) is 10.0. The summed E-state index contributed by atoms with van der Waals surface area (Å²) >= 11 is 0. The Kier molecular flexibility index (Phi) is 3.01. The highest BCUT2D eigenvalue weighted by molar-refractivity contribution is 6.07. The summed E-state index contributed by atoms with van der Waals surface area (Å²) in [4.78, 5) is 25.9. The molecule has 1 aliphatic rings. The topological polar surface area (TPSA) is 75.4 Å². The third kappa shape index (κ3) is 2.18. The first kappa shape index (κ1) is 13.4. The number of nitrogens with zero attached hydrogens (tertiary/aromatic N) is 2. The molecule has 1 aliphatic heterocycles. The number of rotatable bonds is 3. The number of imide groups is 1. The fourth-order valence-electron chi connectivity index (χ4n) is 2.40. The van der Waals surface area contributed by atoms with Crippen molar-refractivity contribution in [2.75, 3.05) is 0 Å². The van der Waals surface area contributed by atoms with Gasteiger partial charge in [-0.2, -0.15) is 0 Å². The van der Waals surface area contributed by atoms with Gasteiger partial charge in [0.15, 0.2) is 0 Å². The molecule has 6 nitrogen and oxygen atoms in total. The van der Waals surface area contributed by atoms with Gasteiger partial charge in [-0.25, -0.2) is 4.79 Å². The third-order valence-electron chi connectivity index (χ3n) is 3.72. The minimum absolute atomic E-state index is 0.0998. The van der Waals surface area contributed by atoms with E-state index in [1.54, 1.807) is 13.0 Å². The van der Waals surface area contributed by atoms with E-state index in [4.69, 9.17) is 4.52 Å². The van der Waals surface area contributed by atoms with Gasteiger partial charge in [-0.15, -0.1) is 0 Å². The van der Waals surface area contributed by atoms with Crippen LogP contribution >= 0.6 is 0 Å². The second-order valence-corrected chi connectivity index (χ2v) is 5.30. The van der Waals surface area contributed by atoms with Crippen molar-refractivity contribution >= 4 is 11.9 Å². The summed E-state index contributed by atoms with van der Waals surface area (Å²) in [6, 6.07) is 8.74. The lowest BCUT2D eigenvalue weighted by atomic mass is 9.91. The van der Waals surface area contributed by atoms with Crippen LogP contribution in [0.2, 0.25) is 0 Å². The zero-order valence-corrected chi connectivity index (χ0v) is 11.8. The minimum atomic E-state index is -1.05. The number of carbonyl (C=O) groups is 2. The van der Waals surface area contributed by atoms with E-state index in [-0.39, 0.29) is 12.5 Å². The summed E-state index contributed by atoms with van der Waals surface area (Å²) in [5, 5.41) is 6.49. The number of hydrogen-bond acceptors (Lipinski definition) is 4. The molecule has 1 aromatic carbocycles. The smallest absolute Gasteiger partial charge is 0.325 e. The Balaban J connectivity index is 1.90. The van der Waals surface area contributed by atoms with Crippen LogP contribution in [0.15, 0.2) is 41.1 Å². The molecular weight excluding hydrogens is 270 g/mol. The van der Waals surface area contributed by atoms with Crippen LogP contribution in [0.25, 0.3) is 0 Å². The molecule has 1 aromatic heterocycles. The van der Waals surface area contributed by atoms with Gasteiger partial charge < -0.3 is 9.84 Å². The van der Waals surface area contributed by atoms with Crippen LogP contribution in [0, 0.1) is 6.92 Å². The van der Waals surface area contributed by atoms with Crippen LogP contribution < -0.4 is 5.32 Å². The quantitative estimate of drug-likeness (QED) is 0.875. The standard InChI is InChI=1S/C15H15N3O3/c1-10-3-5-11(6-4-10)15(2)13(19)18(14(20)16-15)9-12-7-8-21-17-12/h3-8H,9H2,1-2H3,(H,16,20)/t15-/m1/s1. The van der Waals surface area contributed by atoms with Crippen LogP contribution in [0.4, 0.5) is 4.79 Å². The van der Waals surface area contributed by atoms with Crippen molar-refractivity contribution in [1.29, 1.82) is 0 Å². The molecule has 108 valence electrons. The fraction of sp³-hybridized carbons (Fsp3) is 0.267. The van der Waals surface area contributed by atoms with E-state index in [1.165, 1.54) is 6.26 Å². The van der Waals surface area contributed by atoms with E-state index in [0.717, 1.165) is 16.0 Å². The zero-order valence-electron chi connectivity index (χ0n) is 11.8. The maximum absolute atomic E-state index is 12.6. The Labute approximate surface area is 121 Å².